The van der Waals surface area contributed by atoms with Crippen LogP contribution in [-0.2, 0) is 20.9 Å². The van der Waals surface area contributed by atoms with Crippen LogP contribution in [0.5, 0.6) is 0 Å². The first kappa shape index (κ1) is 20.5. The molecule has 150 valence electrons. The predicted molar refractivity (Wildman–Crippen MR) is 118 cm³/mol. The molecule has 2 aromatic rings. The summed E-state index contributed by atoms with van der Waals surface area (Å²) >= 11 is 0. The molecule has 28 heavy (non-hydrogen) atoms. The van der Waals surface area contributed by atoms with Crippen LogP contribution >= 0.6 is 7.26 Å². The second kappa shape index (κ2) is 8.05. The van der Waals surface area contributed by atoms with E-state index >= 15 is 0 Å². The minimum atomic E-state index is -2.16. The molecule has 5 heteroatoms. The first-order valence-corrected chi connectivity index (χ1v) is 13.0. The normalized spacial score (nSPS) is 15.6. The second-order valence-electron chi connectivity index (χ2n) is 8.51. The number of anilines is 1. The van der Waals surface area contributed by atoms with Crippen LogP contribution in [0.15, 0.2) is 48.5 Å². The van der Waals surface area contributed by atoms with Crippen molar-refractivity contribution >= 4 is 24.8 Å². The Labute approximate surface area is 168 Å². The van der Waals surface area contributed by atoms with E-state index in [-0.39, 0.29) is 23.6 Å². The average molecular weight is 399 g/mol. The Kier molecular flexibility index (Phi) is 5.90. The molecule has 1 aliphatic carbocycles. The van der Waals surface area contributed by atoms with Crippen LogP contribution in [0.4, 0.5) is 5.69 Å². The molecule has 0 radical (unpaired) electrons. The van der Waals surface area contributed by atoms with E-state index in [2.05, 4.69) is 18.6 Å². The van der Waals surface area contributed by atoms with Crippen molar-refractivity contribution in [1.29, 1.82) is 0 Å². The van der Waals surface area contributed by atoms with Crippen LogP contribution in [0.2, 0.25) is 0 Å². The zero-order valence-electron chi connectivity index (χ0n) is 17.2. The van der Waals surface area contributed by atoms with Crippen molar-refractivity contribution in [2.75, 3.05) is 24.8 Å². The van der Waals surface area contributed by atoms with E-state index in [1.807, 2.05) is 62.4 Å². The summed E-state index contributed by atoms with van der Waals surface area (Å²) in [5, 5.41) is 2.78. The molecule has 1 fully saturated rings. The van der Waals surface area contributed by atoms with E-state index in [4.69, 9.17) is 4.74 Å². The molecular formula is C23H30NO3P. The van der Waals surface area contributed by atoms with Gasteiger partial charge in [-0.25, -0.2) is 0 Å². The van der Waals surface area contributed by atoms with Gasteiger partial charge in [-0.1, -0.05) is 0 Å². The van der Waals surface area contributed by atoms with E-state index in [9.17, 15) is 9.59 Å². The molecule has 1 aliphatic rings. The number of para-hydroxylation sites is 1. The number of rotatable bonds is 7. The Bertz CT molecular complexity index is 852. The number of amides is 1. The van der Waals surface area contributed by atoms with Gasteiger partial charge in [0.15, 0.2) is 0 Å². The molecule has 0 heterocycles. The standard InChI is InChI=1S/C23H30NO3P/c1-17-9-8-10-18(2)21(17)24-22(26)23(13-14-23)28(3,4)16-20(25)27-15-19-11-6-5-7-12-19/h5-12,28H,13-16H2,1-4H3,(H,24,26). The van der Waals surface area contributed by atoms with Crippen molar-refractivity contribution in [3.05, 3.63) is 65.2 Å². The van der Waals surface area contributed by atoms with Gasteiger partial charge < -0.3 is 0 Å². The number of carbonyl (C=O) groups is 2. The Morgan fingerprint density at radius 1 is 1.00 bits per heavy atom. The van der Waals surface area contributed by atoms with Gasteiger partial charge in [-0.05, 0) is 0 Å². The number of nitrogens with one attached hydrogen (secondary N) is 1. The fraction of sp³-hybridized carbons (Fsp3) is 0.391. The quantitative estimate of drug-likeness (QED) is 0.550. The third kappa shape index (κ3) is 4.28. The summed E-state index contributed by atoms with van der Waals surface area (Å²) in [4.78, 5) is 25.7. The Morgan fingerprint density at radius 3 is 2.18 bits per heavy atom. The van der Waals surface area contributed by atoms with E-state index in [0.29, 0.717) is 6.16 Å². The Hall–Kier alpha value is -2.19. The molecule has 0 spiro atoms. The fourth-order valence-electron chi connectivity index (χ4n) is 3.90. The predicted octanol–water partition coefficient (Wildman–Crippen LogP) is 4.53. The number of carbonyl (C=O) groups excluding carboxylic acids is 2. The van der Waals surface area contributed by atoms with E-state index in [1.165, 1.54) is 0 Å². The van der Waals surface area contributed by atoms with Gasteiger partial charge in [0.2, 0.25) is 0 Å². The molecule has 2 aromatic carbocycles. The van der Waals surface area contributed by atoms with Gasteiger partial charge in [-0.2, -0.15) is 0 Å². The minimum absolute atomic E-state index is 0.0671. The molecule has 0 atom stereocenters. The van der Waals surface area contributed by atoms with Gasteiger partial charge in [-0.15, -0.1) is 0 Å². The molecule has 0 saturated heterocycles. The monoisotopic (exact) mass is 399 g/mol. The van der Waals surface area contributed by atoms with Crippen molar-refractivity contribution in [2.24, 2.45) is 0 Å². The van der Waals surface area contributed by atoms with Gasteiger partial charge in [-0.3, -0.25) is 0 Å². The maximum atomic E-state index is 13.2. The molecule has 1 amide bonds. The van der Waals surface area contributed by atoms with Crippen LogP contribution in [0.25, 0.3) is 0 Å². The third-order valence-electron chi connectivity index (χ3n) is 6.03. The first-order valence-electron chi connectivity index (χ1n) is 9.82. The van der Waals surface area contributed by atoms with E-state index in [0.717, 1.165) is 35.2 Å². The van der Waals surface area contributed by atoms with Gasteiger partial charge in [0, 0.05) is 0 Å². The number of hydrogen-bond donors (Lipinski definition) is 1. The molecule has 0 aromatic heterocycles. The summed E-state index contributed by atoms with van der Waals surface area (Å²) in [5.41, 5.74) is 4.00. The van der Waals surface area contributed by atoms with Crippen molar-refractivity contribution in [3.8, 4) is 0 Å². The molecular weight excluding hydrogens is 369 g/mol. The van der Waals surface area contributed by atoms with E-state index < -0.39 is 7.26 Å². The van der Waals surface area contributed by atoms with E-state index in [1.54, 1.807) is 0 Å². The molecule has 4 nitrogen and oxygen atoms in total. The molecule has 1 N–H and O–H groups in total. The summed E-state index contributed by atoms with van der Waals surface area (Å²) < 4.78 is 5.49. The molecule has 0 aliphatic heterocycles. The zero-order valence-corrected chi connectivity index (χ0v) is 18.2. The van der Waals surface area contributed by atoms with Crippen LogP contribution in [0.1, 0.15) is 29.5 Å². The van der Waals surface area contributed by atoms with Gasteiger partial charge in [0.25, 0.3) is 0 Å². The Balaban J connectivity index is 1.65. The summed E-state index contributed by atoms with van der Waals surface area (Å²) in [5.74, 6) is -0.135. The molecule has 1 saturated carbocycles. The van der Waals surface area contributed by atoms with Crippen LogP contribution in [-0.4, -0.2) is 36.5 Å². The SMILES string of the molecule is Cc1cccc(C)c1NC(=O)C1([PH](C)(C)CC(=O)OCc2ccccc2)CC1. The summed E-state index contributed by atoms with van der Waals surface area (Å²) in [6, 6.07) is 15.7. The number of benzene rings is 2. The molecule has 3 rings (SSSR count). The van der Waals surface area contributed by atoms with Crippen LogP contribution in [0, 0.1) is 13.8 Å². The third-order valence-corrected chi connectivity index (χ3v) is 10.5. The van der Waals surface area contributed by atoms with Crippen LogP contribution in [0.3, 0.4) is 0 Å². The fourth-order valence-corrected chi connectivity index (χ4v) is 7.22. The van der Waals surface area contributed by atoms with Crippen molar-refractivity contribution in [1.82, 2.24) is 0 Å². The summed E-state index contributed by atoms with van der Waals surface area (Å²) in [6.45, 7) is 8.56. The van der Waals surface area contributed by atoms with Gasteiger partial charge in [0.05, 0.1) is 0 Å². The number of esters is 1. The number of aryl methyl sites for hydroxylation is 2. The Morgan fingerprint density at radius 2 is 1.61 bits per heavy atom. The van der Waals surface area contributed by atoms with Gasteiger partial charge in [0.1, 0.15) is 0 Å². The second-order valence-corrected chi connectivity index (χ2v) is 13.6. The van der Waals surface area contributed by atoms with Gasteiger partial charge >= 0.3 is 168 Å². The zero-order chi connectivity index (χ0) is 20.4. The maximum absolute atomic E-state index is 13.2. The molecule has 0 bridgehead atoms. The summed E-state index contributed by atoms with van der Waals surface area (Å²) in [7, 11) is -2.16. The first-order chi connectivity index (χ1) is 13.2. The topological polar surface area (TPSA) is 55.4 Å². The van der Waals surface area contributed by atoms with Crippen LogP contribution < -0.4 is 5.32 Å². The number of ether oxygens (including phenoxy) is 1. The average Bonchev–Trinajstić information content (AvgIpc) is 3.46. The van der Waals surface area contributed by atoms with Crippen molar-refractivity contribution in [3.63, 3.8) is 0 Å². The van der Waals surface area contributed by atoms with Crippen molar-refractivity contribution < 1.29 is 14.3 Å². The molecule has 0 unspecified atom stereocenters. The van der Waals surface area contributed by atoms with Crippen molar-refractivity contribution in [2.45, 2.75) is 38.5 Å². The number of hydrogen-bond acceptors (Lipinski definition) is 3. The summed E-state index contributed by atoms with van der Waals surface area (Å²) in [6.07, 6.45) is 2.07.